The minimum absolute atomic E-state index is 0.0859. The van der Waals surface area contributed by atoms with Crippen LogP contribution >= 0.6 is 0 Å². The molecule has 0 aromatic heterocycles. The van der Waals surface area contributed by atoms with Gasteiger partial charge >= 0.3 is 0 Å². The molecule has 0 atom stereocenters. The van der Waals surface area contributed by atoms with E-state index in [4.69, 9.17) is 0 Å². The van der Waals surface area contributed by atoms with Crippen molar-refractivity contribution >= 4 is 27.3 Å². The van der Waals surface area contributed by atoms with E-state index in [1.165, 1.54) is 30.7 Å². The van der Waals surface area contributed by atoms with Crippen molar-refractivity contribution in [1.82, 2.24) is 5.32 Å². The van der Waals surface area contributed by atoms with E-state index in [0.29, 0.717) is 11.3 Å². The van der Waals surface area contributed by atoms with Crippen LogP contribution in [0.15, 0.2) is 53.4 Å². The van der Waals surface area contributed by atoms with Crippen LogP contribution in [0, 0.1) is 10.1 Å². The number of nitro benzene ring substituents is 1. The fourth-order valence-corrected chi connectivity index (χ4v) is 4.23. The van der Waals surface area contributed by atoms with Crippen molar-refractivity contribution in [1.29, 1.82) is 0 Å². The van der Waals surface area contributed by atoms with Gasteiger partial charge in [0.05, 0.1) is 9.82 Å². The van der Waals surface area contributed by atoms with Crippen LogP contribution < -0.4 is 10.0 Å². The van der Waals surface area contributed by atoms with Crippen LogP contribution in [0.4, 0.5) is 11.4 Å². The zero-order valence-electron chi connectivity index (χ0n) is 15.1. The molecule has 1 aliphatic rings. The third kappa shape index (κ3) is 4.86. The summed E-state index contributed by atoms with van der Waals surface area (Å²) < 4.78 is 27.2. The molecular formula is C19H21N3O5S. The van der Waals surface area contributed by atoms with Crippen molar-refractivity contribution < 1.29 is 18.1 Å². The molecule has 0 saturated heterocycles. The first-order chi connectivity index (χ1) is 13.3. The third-order valence-corrected chi connectivity index (χ3v) is 6.09. The fourth-order valence-electron chi connectivity index (χ4n) is 3.17. The normalized spacial score (nSPS) is 15.0. The molecule has 9 heteroatoms. The van der Waals surface area contributed by atoms with Crippen LogP contribution in [0.2, 0.25) is 0 Å². The van der Waals surface area contributed by atoms with Gasteiger partial charge in [-0.25, -0.2) is 8.42 Å². The molecule has 8 nitrogen and oxygen atoms in total. The lowest BCUT2D eigenvalue weighted by Gasteiger charge is -2.22. The Hall–Kier alpha value is -2.94. The van der Waals surface area contributed by atoms with E-state index in [1.54, 1.807) is 12.1 Å². The van der Waals surface area contributed by atoms with Crippen LogP contribution in [-0.4, -0.2) is 25.3 Å². The summed E-state index contributed by atoms with van der Waals surface area (Å²) in [5.74, 6) is -0.170. The van der Waals surface area contributed by atoms with Crippen molar-refractivity contribution in [2.24, 2.45) is 0 Å². The van der Waals surface area contributed by atoms with Gasteiger partial charge in [-0.3, -0.25) is 19.6 Å². The smallest absolute Gasteiger partial charge is 0.269 e. The first kappa shape index (κ1) is 19.8. The van der Waals surface area contributed by atoms with E-state index in [2.05, 4.69) is 10.0 Å². The predicted molar refractivity (Wildman–Crippen MR) is 105 cm³/mol. The average molecular weight is 403 g/mol. The first-order valence-corrected chi connectivity index (χ1v) is 10.5. The summed E-state index contributed by atoms with van der Waals surface area (Å²) in [6.07, 6.45) is 5.41. The van der Waals surface area contributed by atoms with Crippen LogP contribution in [0.25, 0.3) is 0 Å². The Balaban J connectivity index is 1.65. The number of amides is 1. The molecular weight excluding hydrogens is 382 g/mol. The number of sulfonamides is 1. The molecule has 0 aliphatic heterocycles. The molecule has 0 radical (unpaired) electrons. The standard InChI is InChI=1S/C19H21N3O5S/c23-19(20-15-4-2-1-3-5-15)14-6-8-16(9-7-14)21-28(26,27)18-12-10-17(11-13-18)22(24)25/h6-13,15,21H,1-5H2,(H,20,23). The maximum Gasteiger partial charge on any atom is 0.269 e. The van der Waals surface area contributed by atoms with Crippen molar-refractivity contribution in [3.63, 3.8) is 0 Å². The second-order valence-electron chi connectivity index (χ2n) is 6.74. The van der Waals surface area contributed by atoms with Gasteiger partial charge < -0.3 is 5.32 Å². The van der Waals surface area contributed by atoms with Gasteiger partial charge in [-0.15, -0.1) is 0 Å². The number of nitro groups is 1. The van der Waals surface area contributed by atoms with Crippen molar-refractivity contribution in [3.05, 3.63) is 64.2 Å². The molecule has 1 amide bonds. The number of rotatable bonds is 6. The molecule has 28 heavy (non-hydrogen) atoms. The van der Waals surface area contributed by atoms with Gasteiger partial charge in [0.25, 0.3) is 21.6 Å². The Labute approximate surface area is 163 Å². The molecule has 0 unspecified atom stereocenters. The van der Waals surface area contributed by atoms with Gasteiger partial charge in [-0.2, -0.15) is 0 Å². The highest BCUT2D eigenvalue weighted by atomic mass is 32.2. The second-order valence-corrected chi connectivity index (χ2v) is 8.42. The number of carbonyl (C=O) groups is 1. The number of non-ortho nitro benzene ring substituents is 1. The van der Waals surface area contributed by atoms with Crippen LogP contribution in [0.3, 0.4) is 0 Å². The van der Waals surface area contributed by atoms with Crippen LogP contribution in [-0.2, 0) is 10.0 Å². The quantitative estimate of drug-likeness (QED) is 0.566. The Morgan fingerprint density at radius 2 is 1.57 bits per heavy atom. The Morgan fingerprint density at radius 3 is 2.14 bits per heavy atom. The maximum atomic E-state index is 12.4. The topological polar surface area (TPSA) is 118 Å². The van der Waals surface area contributed by atoms with Crippen molar-refractivity contribution in [2.75, 3.05) is 4.72 Å². The summed E-state index contributed by atoms with van der Waals surface area (Å²) in [6, 6.07) is 11.0. The molecule has 2 N–H and O–H groups in total. The highest BCUT2D eigenvalue weighted by Crippen LogP contribution is 2.21. The summed E-state index contributed by atoms with van der Waals surface area (Å²) in [5.41, 5.74) is 0.573. The van der Waals surface area contributed by atoms with Crippen molar-refractivity contribution in [2.45, 2.75) is 43.0 Å². The minimum Gasteiger partial charge on any atom is -0.349 e. The molecule has 1 fully saturated rings. The van der Waals surface area contributed by atoms with E-state index < -0.39 is 14.9 Å². The van der Waals surface area contributed by atoms with Gasteiger partial charge in [0.1, 0.15) is 0 Å². The SMILES string of the molecule is O=C(NC1CCCCC1)c1ccc(NS(=O)(=O)c2ccc([N+](=O)[O-])cc2)cc1. The molecule has 1 aliphatic carbocycles. The second kappa shape index (κ2) is 8.39. The summed E-state index contributed by atoms with van der Waals surface area (Å²) in [6.45, 7) is 0. The highest BCUT2D eigenvalue weighted by molar-refractivity contribution is 7.92. The van der Waals surface area contributed by atoms with E-state index in [-0.39, 0.29) is 22.5 Å². The Bertz CT molecular complexity index is 950. The third-order valence-electron chi connectivity index (χ3n) is 4.70. The predicted octanol–water partition coefficient (Wildman–Crippen LogP) is 3.46. The Kier molecular flexibility index (Phi) is 5.93. The molecule has 2 aromatic carbocycles. The molecule has 2 aromatic rings. The summed E-state index contributed by atoms with van der Waals surface area (Å²) >= 11 is 0. The lowest BCUT2D eigenvalue weighted by atomic mass is 9.95. The molecule has 0 spiro atoms. The fraction of sp³-hybridized carbons (Fsp3) is 0.316. The zero-order chi connectivity index (χ0) is 20.1. The zero-order valence-corrected chi connectivity index (χ0v) is 15.9. The van der Waals surface area contributed by atoms with E-state index >= 15 is 0 Å². The lowest BCUT2D eigenvalue weighted by molar-refractivity contribution is -0.384. The highest BCUT2D eigenvalue weighted by Gasteiger charge is 2.18. The molecule has 3 rings (SSSR count). The van der Waals surface area contributed by atoms with Crippen molar-refractivity contribution in [3.8, 4) is 0 Å². The van der Waals surface area contributed by atoms with Crippen LogP contribution in [0.1, 0.15) is 42.5 Å². The minimum atomic E-state index is -3.88. The summed E-state index contributed by atoms with van der Waals surface area (Å²) in [7, 11) is -3.88. The van der Waals surface area contributed by atoms with Gasteiger partial charge in [-0.1, -0.05) is 19.3 Å². The number of benzene rings is 2. The van der Waals surface area contributed by atoms with E-state index in [9.17, 15) is 23.3 Å². The van der Waals surface area contributed by atoms with E-state index in [1.807, 2.05) is 0 Å². The average Bonchev–Trinajstić information content (AvgIpc) is 2.69. The monoisotopic (exact) mass is 403 g/mol. The number of carbonyl (C=O) groups excluding carboxylic acids is 1. The summed E-state index contributed by atoms with van der Waals surface area (Å²) in [4.78, 5) is 22.3. The number of nitrogens with zero attached hydrogens (tertiary/aromatic N) is 1. The number of anilines is 1. The first-order valence-electron chi connectivity index (χ1n) is 9.03. The molecule has 0 bridgehead atoms. The molecule has 148 valence electrons. The number of nitrogens with one attached hydrogen (secondary N) is 2. The number of hydrogen-bond acceptors (Lipinski definition) is 5. The van der Waals surface area contributed by atoms with Gasteiger partial charge in [0.15, 0.2) is 0 Å². The van der Waals surface area contributed by atoms with Gasteiger partial charge in [0.2, 0.25) is 0 Å². The van der Waals surface area contributed by atoms with Gasteiger partial charge in [0, 0.05) is 29.4 Å². The largest absolute Gasteiger partial charge is 0.349 e. The van der Waals surface area contributed by atoms with E-state index in [0.717, 1.165) is 37.8 Å². The number of hydrogen-bond donors (Lipinski definition) is 2. The molecule has 0 heterocycles. The molecule has 1 saturated carbocycles. The summed E-state index contributed by atoms with van der Waals surface area (Å²) in [5, 5.41) is 13.7. The van der Waals surface area contributed by atoms with Gasteiger partial charge in [-0.05, 0) is 49.2 Å². The Morgan fingerprint density at radius 1 is 0.964 bits per heavy atom. The lowest BCUT2D eigenvalue weighted by Crippen LogP contribution is -2.36. The maximum absolute atomic E-state index is 12.4. The van der Waals surface area contributed by atoms with Crippen LogP contribution in [0.5, 0.6) is 0 Å².